The molecule has 3 aromatic rings. The van der Waals surface area contributed by atoms with E-state index in [0.717, 1.165) is 16.7 Å². The van der Waals surface area contributed by atoms with Crippen LogP contribution >= 0.6 is 27.7 Å². The van der Waals surface area contributed by atoms with Crippen LogP contribution in [0, 0.1) is 15.9 Å². The number of thioether (sulfide) groups is 1. The Morgan fingerprint density at radius 3 is 2.64 bits per heavy atom. The van der Waals surface area contributed by atoms with Crippen molar-refractivity contribution >= 4 is 50.6 Å². The summed E-state index contributed by atoms with van der Waals surface area (Å²) in [6.45, 7) is -0.102. The number of halogens is 2. The fraction of sp³-hybridized carbons (Fsp3) is 0.120. The molecule has 8 nitrogen and oxygen atoms in total. The van der Waals surface area contributed by atoms with Crippen molar-refractivity contribution in [2.24, 2.45) is 0 Å². The van der Waals surface area contributed by atoms with Gasteiger partial charge in [-0.3, -0.25) is 24.6 Å². The summed E-state index contributed by atoms with van der Waals surface area (Å²) in [4.78, 5) is 37.4. The lowest BCUT2D eigenvalue weighted by molar-refractivity contribution is -0.385. The molecule has 0 saturated carbocycles. The largest absolute Gasteiger partial charge is 0.493 e. The number of rotatable bonds is 8. The highest BCUT2D eigenvalue weighted by atomic mass is 79.9. The molecule has 0 aliphatic carbocycles. The zero-order chi connectivity index (χ0) is 25.8. The molecule has 2 amide bonds. The number of hydrogen-bond donors (Lipinski definition) is 0. The van der Waals surface area contributed by atoms with Gasteiger partial charge in [-0.05, 0) is 69.2 Å². The number of carbonyl (C=O) groups is 2. The lowest BCUT2D eigenvalue weighted by atomic mass is 10.1. The van der Waals surface area contributed by atoms with E-state index in [-0.39, 0.29) is 35.1 Å². The van der Waals surface area contributed by atoms with E-state index in [1.165, 1.54) is 43.5 Å². The van der Waals surface area contributed by atoms with E-state index >= 15 is 0 Å². The van der Waals surface area contributed by atoms with E-state index < -0.39 is 16.1 Å². The molecule has 1 fully saturated rings. The Bertz CT molecular complexity index is 1400. The fourth-order valence-corrected chi connectivity index (χ4v) is 4.94. The van der Waals surface area contributed by atoms with Crippen LogP contribution in [0.1, 0.15) is 16.7 Å². The van der Waals surface area contributed by atoms with Crippen LogP contribution in [-0.2, 0) is 17.9 Å². The van der Waals surface area contributed by atoms with Crippen molar-refractivity contribution in [3.63, 3.8) is 0 Å². The van der Waals surface area contributed by atoms with E-state index in [1.54, 1.807) is 30.3 Å². The van der Waals surface area contributed by atoms with Gasteiger partial charge in [-0.15, -0.1) is 0 Å². The highest BCUT2D eigenvalue weighted by molar-refractivity contribution is 9.10. The summed E-state index contributed by atoms with van der Waals surface area (Å²) in [7, 11) is 1.46. The van der Waals surface area contributed by atoms with Crippen LogP contribution < -0.4 is 9.47 Å². The highest BCUT2D eigenvalue weighted by Crippen LogP contribution is 2.40. The summed E-state index contributed by atoms with van der Waals surface area (Å²) in [6, 6.07) is 15.3. The molecule has 36 heavy (non-hydrogen) atoms. The Labute approximate surface area is 218 Å². The zero-order valence-electron chi connectivity index (χ0n) is 18.8. The molecule has 0 radical (unpaired) electrons. The number of nitrogens with zero attached hydrogens (tertiary/aromatic N) is 2. The number of para-hydroxylation sites is 1. The van der Waals surface area contributed by atoms with E-state index in [2.05, 4.69) is 15.9 Å². The van der Waals surface area contributed by atoms with Crippen LogP contribution in [0.3, 0.4) is 0 Å². The van der Waals surface area contributed by atoms with Crippen LogP contribution in [0.4, 0.5) is 14.9 Å². The number of ether oxygens (including phenoxy) is 2. The molecule has 0 unspecified atom stereocenters. The van der Waals surface area contributed by atoms with Crippen molar-refractivity contribution in [2.45, 2.75) is 13.2 Å². The average molecular weight is 573 g/mol. The van der Waals surface area contributed by atoms with E-state index in [1.807, 2.05) is 0 Å². The molecule has 4 rings (SSSR count). The molecule has 0 bridgehead atoms. The van der Waals surface area contributed by atoms with Crippen molar-refractivity contribution < 1.29 is 28.4 Å². The number of benzene rings is 3. The van der Waals surface area contributed by atoms with Crippen molar-refractivity contribution in [3.8, 4) is 11.5 Å². The fourth-order valence-electron chi connectivity index (χ4n) is 3.53. The maximum absolute atomic E-state index is 13.4. The van der Waals surface area contributed by atoms with Gasteiger partial charge < -0.3 is 9.47 Å². The molecule has 1 aliphatic rings. The Balaban J connectivity index is 1.55. The number of nitro groups is 1. The van der Waals surface area contributed by atoms with Crippen molar-refractivity contribution in [3.05, 3.63) is 103 Å². The molecule has 1 heterocycles. The van der Waals surface area contributed by atoms with Gasteiger partial charge in [-0.25, -0.2) is 4.39 Å². The normalized spacial score (nSPS) is 14.4. The molecule has 3 aromatic carbocycles. The van der Waals surface area contributed by atoms with E-state index in [4.69, 9.17) is 9.47 Å². The molecule has 1 aliphatic heterocycles. The first-order chi connectivity index (χ1) is 17.3. The Morgan fingerprint density at radius 2 is 1.92 bits per heavy atom. The summed E-state index contributed by atoms with van der Waals surface area (Å²) in [6.07, 6.45) is 1.54. The minimum atomic E-state index is -0.551. The first-order valence-corrected chi connectivity index (χ1v) is 12.1. The predicted molar refractivity (Wildman–Crippen MR) is 136 cm³/mol. The first-order valence-electron chi connectivity index (χ1n) is 10.5. The summed E-state index contributed by atoms with van der Waals surface area (Å²) in [5, 5.41) is 10.8. The molecule has 0 aromatic heterocycles. The molecule has 0 N–H and O–H groups in total. The molecule has 1 saturated heterocycles. The lowest BCUT2D eigenvalue weighted by Crippen LogP contribution is -2.27. The molecule has 11 heteroatoms. The summed E-state index contributed by atoms with van der Waals surface area (Å²) in [5.41, 5.74) is 1.30. The number of hydrogen-bond acceptors (Lipinski definition) is 7. The van der Waals surface area contributed by atoms with Crippen LogP contribution in [0.5, 0.6) is 11.5 Å². The van der Waals surface area contributed by atoms with Gasteiger partial charge in [0.1, 0.15) is 12.4 Å². The summed E-state index contributed by atoms with van der Waals surface area (Å²) in [5.74, 6) is -0.160. The summed E-state index contributed by atoms with van der Waals surface area (Å²) >= 11 is 4.19. The van der Waals surface area contributed by atoms with Crippen LogP contribution in [0.25, 0.3) is 6.08 Å². The number of imide groups is 1. The quantitative estimate of drug-likeness (QED) is 0.177. The van der Waals surface area contributed by atoms with Crippen LogP contribution in [0.2, 0.25) is 0 Å². The number of methoxy groups -OCH3 is 1. The monoisotopic (exact) mass is 572 g/mol. The van der Waals surface area contributed by atoms with Gasteiger partial charge in [-0.2, -0.15) is 0 Å². The predicted octanol–water partition coefficient (Wildman–Crippen LogP) is 6.32. The van der Waals surface area contributed by atoms with Crippen molar-refractivity contribution in [2.75, 3.05) is 7.11 Å². The SMILES string of the molecule is COc1cc(/C=C2/SC(=O)N(Cc3ccccc3[N+](=O)[O-])C2=O)cc(Br)c1OCc1cccc(F)c1. The summed E-state index contributed by atoms with van der Waals surface area (Å²) < 4.78 is 25.2. The van der Waals surface area contributed by atoms with Crippen molar-refractivity contribution in [1.82, 2.24) is 4.90 Å². The van der Waals surface area contributed by atoms with Crippen LogP contribution in [-0.4, -0.2) is 28.1 Å². The number of amides is 2. The second kappa shape index (κ2) is 10.9. The molecule has 184 valence electrons. The minimum Gasteiger partial charge on any atom is -0.493 e. The Kier molecular flexibility index (Phi) is 7.70. The third-order valence-electron chi connectivity index (χ3n) is 5.21. The average Bonchev–Trinajstić information content (AvgIpc) is 3.10. The Hall–Kier alpha value is -3.70. The van der Waals surface area contributed by atoms with Crippen molar-refractivity contribution in [1.29, 1.82) is 0 Å². The lowest BCUT2D eigenvalue weighted by Gasteiger charge is -2.14. The van der Waals surface area contributed by atoms with Crippen LogP contribution in [0.15, 0.2) is 70.0 Å². The Morgan fingerprint density at radius 1 is 1.14 bits per heavy atom. The number of nitro benzene ring substituents is 1. The second-order valence-corrected chi connectivity index (χ2v) is 9.45. The van der Waals surface area contributed by atoms with Gasteiger partial charge in [0.05, 0.1) is 28.0 Å². The van der Waals surface area contributed by atoms with Gasteiger partial charge in [0, 0.05) is 11.6 Å². The van der Waals surface area contributed by atoms with Gasteiger partial charge in [0.15, 0.2) is 11.5 Å². The molecule has 0 atom stereocenters. The second-order valence-electron chi connectivity index (χ2n) is 7.61. The molecule has 0 spiro atoms. The van der Waals surface area contributed by atoms with Gasteiger partial charge in [0.25, 0.3) is 16.8 Å². The maximum atomic E-state index is 13.4. The standard InChI is InChI=1S/C25H18BrFN2O6S/c1-34-21-11-16(10-19(26)23(21)35-14-15-5-4-7-18(27)9-15)12-22-24(30)28(25(31)36-22)13-17-6-2-3-8-20(17)29(32)33/h2-12H,13-14H2,1H3/b22-12+. The minimum absolute atomic E-state index is 0.108. The molecular formula is C25H18BrFN2O6S. The highest BCUT2D eigenvalue weighted by Gasteiger charge is 2.36. The van der Waals surface area contributed by atoms with Gasteiger partial charge in [-0.1, -0.05) is 30.3 Å². The number of carbonyl (C=O) groups excluding carboxylic acids is 2. The van der Waals surface area contributed by atoms with Gasteiger partial charge in [0.2, 0.25) is 0 Å². The van der Waals surface area contributed by atoms with E-state index in [9.17, 15) is 24.1 Å². The first kappa shape index (κ1) is 25.4. The van der Waals surface area contributed by atoms with E-state index in [0.29, 0.717) is 27.1 Å². The maximum Gasteiger partial charge on any atom is 0.293 e. The molecular weight excluding hydrogens is 555 g/mol. The third-order valence-corrected chi connectivity index (χ3v) is 6.71. The van der Waals surface area contributed by atoms with Gasteiger partial charge >= 0.3 is 0 Å². The zero-order valence-corrected chi connectivity index (χ0v) is 21.2. The third kappa shape index (κ3) is 5.58. The smallest absolute Gasteiger partial charge is 0.293 e. The topological polar surface area (TPSA) is 99.0 Å².